The van der Waals surface area contributed by atoms with E-state index in [1.807, 2.05) is 6.92 Å². The van der Waals surface area contributed by atoms with Crippen LogP contribution in [0.5, 0.6) is 0 Å². The van der Waals surface area contributed by atoms with Gasteiger partial charge < -0.3 is 5.32 Å². The predicted octanol–water partition coefficient (Wildman–Crippen LogP) is 2.76. The van der Waals surface area contributed by atoms with Gasteiger partial charge in [-0.1, -0.05) is 30.1 Å². The summed E-state index contributed by atoms with van der Waals surface area (Å²) in [4.78, 5) is 0.148. The molecule has 0 aliphatic carbocycles. The number of nitrogens with zero attached hydrogens (tertiary/aromatic N) is 1. The molecular weight excluding hydrogens is 319 g/mol. The summed E-state index contributed by atoms with van der Waals surface area (Å²) in [6.45, 7) is 3.68. The van der Waals surface area contributed by atoms with Crippen LogP contribution in [0.1, 0.15) is 19.8 Å². The van der Waals surface area contributed by atoms with Crippen LogP contribution in [0.15, 0.2) is 23.1 Å². The van der Waals surface area contributed by atoms with E-state index in [2.05, 4.69) is 5.32 Å². The Morgan fingerprint density at radius 2 is 1.95 bits per heavy atom. The van der Waals surface area contributed by atoms with Gasteiger partial charge in [-0.2, -0.15) is 4.31 Å². The molecule has 1 N–H and O–H groups in total. The summed E-state index contributed by atoms with van der Waals surface area (Å²) in [7, 11) is -3.56. The standard InChI is InChI=1S/C13H18Cl2N2O2S/c1-2-17(9-12-4-3-5-16-12)20(18,19)13-7-10(14)6-11(15)8-13/h6-8,12,16H,2-5,9H2,1H3. The van der Waals surface area contributed by atoms with Gasteiger partial charge in [0.2, 0.25) is 10.0 Å². The molecule has 1 atom stereocenters. The first kappa shape index (κ1) is 16.0. The lowest BCUT2D eigenvalue weighted by Crippen LogP contribution is -2.40. The number of benzene rings is 1. The zero-order chi connectivity index (χ0) is 14.8. The predicted molar refractivity (Wildman–Crippen MR) is 81.9 cm³/mol. The van der Waals surface area contributed by atoms with Crippen molar-refractivity contribution in [1.82, 2.24) is 9.62 Å². The van der Waals surface area contributed by atoms with E-state index < -0.39 is 10.0 Å². The van der Waals surface area contributed by atoms with E-state index >= 15 is 0 Å². The quantitative estimate of drug-likeness (QED) is 0.899. The molecule has 0 spiro atoms. The molecule has 1 saturated heterocycles. The summed E-state index contributed by atoms with van der Waals surface area (Å²) in [6, 6.07) is 4.62. The molecule has 0 radical (unpaired) electrons. The minimum Gasteiger partial charge on any atom is -0.313 e. The Labute approximate surface area is 130 Å². The van der Waals surface area contributed by atoms with Crippen LogP contribution in [0.2, 0.25) is 10.0 Å². The van der Waals surface area contributed by atoms with Crippen LogP contribution in [0.4, 0.5) is 0 Å². The summed E-state index contributed by atoms with van der Waals surface area (Å²) in [6.07, 6.45) is 2.09. The summed E-state index contributed by atoms with van der Waals surface area (Å²) < 4.78 is 26.7. The van der Waals surface area contributed by atoms with Crippen molar-refractivity contribution in [3.63, 3.8) is 0 Å². The van der Waals surface area contributed by atoms with Crippen molar-refractivity contribution in [2.75, 3.05) is 19.6 Å². The Morgan fingerprint density at radius 3 is 2.45 bits per heavy atom. The highest BCUT2D eigenvalue weighted by molar-refractivity contribution is 7.89. The summed E-state index contributed by atoms with van der Waals surface area (Å²) in [5, 5.41) is 3.96. The average molecular weight is 337 g/mol. The Kier molecular flexibility index (Phi) is 5.31. The Balaban J connectivity index is 2.25. The number of hydrogen-bond donors (Lipinski definition) is 1. The van der Waals surface area contributed by atoms with Crippen LogP contribution < -0.4 is 5.32 Å². The van der Waals surface area contributed by atoms with Crippen molar-refractivity contribution >= 4 is 33.2 Å². The molecule has 20 heavy (non-hydrogen) atoms. The topological polar surface area (TPSA) is 49.4 Å². The Hall–Kier alpha value is -0.330. The second-order valence-corrected chi connectivity index (χ2v) is 7.66. The summed E-state index contributed by atoms with van der Waals surface area (Å²) in [5.41, 5.74) is 0. The largest absolute Gasteiger partial charge is 0.313 e. The second kappa shape index (κ2) is 6.62. The third-order valence-corrected chi connectivity index (χ3v) is 5.77. The zero-order valence-electron chi connectivity index (χ0n) is 11.3. The maximum atomic E-state index is 12.6. The number of rotatable bonds is 5. The molecule has 2 rings (SSSR count). The van der Waals surface area contributed by atoms with Crippen LogP contribution in [0.25, 0.3) is 0 Å². The fourth-order valence-electron chi connectivity index (χ4n) is 2.38. The van der Waals surface area contributed by atoms with Crippen LogP contribution >= 0.6 is 23.2 Å². The minimum atomic E-state index is -3.56. The highest BCUT2D eigenvalue weighted by atomic mass is 35.5. The maximum absolute atomic E-state index is 12.6. The third kappa shape index (κ3) is 3.65. The van der Waals surface area contributed by atoms with E-state index in [0.717, 1.165) is 19.4 Å². The molecule has 0 amide bonds. The van der Waals surface area contributed by atoms with Gasteiger partial charge in [0.05, 0.1) is 4.90 Å². The van der Waals surface area contributed by atoms with E-state index in [1.165, 1.54) is 22.5 Å². The molecule has 7 heteroatoms. The van der Waals surface area contributed by atoms with Crippen LogP contribution in [0, 0.1) is 0 Å². The number of likely N-dealkylation sites (N-methyl/N-ethyl adjacent to an activating group) is 1. The smallest absolute Gasteiger partial charge is 0.243 e. The first-order valence-corrected chi connectivity index (χ1v) is 8.82. The number of halogens is 2. The first-order chi connectivity index (χ1) is 9.43. The fourth-order valence-corrected chi connectivity index (χ4v) is 4.60. The van der Waals surface area contributed by atoms with E-state index in [0.29, 0.717) is 23.1 Å². The van der Waals surface area contributed by atoms with Crippen molar-refractivity contribution < 1.29 is 8.42 Å². The van der Waals surface area contributed by atoms with Gasteiger partial charge >= 0.3 is 0 Å². The van der Waals surface area contributed by atoms with E-state index in [-0.39, 0.29) is 10.9 Å². The molecule has 1 aliphatic heterocycles. The molecule has 112 valence electrons. The van der Waals surface area contributed by atoms with Gasteiger partial charge in [0.25, 0.3) is 0 Å². The second-order valence-electron chi connectivity index (χ2n) is 4.85. The van der Waals surface area contributed by atoms with Crippen molar-refractivity contribution in [2.24, 2.45) is 0 Å². The third-order valence-electron chi connectivity index (χ3n) is 3.41. The lowest BCUT2D eigenvalue weighted by Gasteiger charge is -2.24. The molecule has 4 nitrogen and oxygen atoms in total. The molecule has 0 saturated carbocycles. The molecule has 1 fully saturated rings. The van der Waals surface area contributed by atoms with Crippen molar-refractivity contribution in [2.45, 2.75) is 30.7 Å². The Bertz CT molecular complexity index is 551. The fraction of sp³-hybridized carbons (Fsp3) is 0.538. The van der Waals surface area contributed by atoms with Crippen LogP contribution in [-0.4, -0.2) is 38.4 Å². The van der Waals surface area contributed by atoms with Gasteiger partial charge in [0, 0.05) is 29.2 Å². The molecular formula is C13H18Cl2N2O2S. The maximum Gasteiger partial charge on any atom is 0.243 e. The minimum absolute atomic E-state index is 0.148. The van der Waals surface area contributed by atoms with Gasteiger partial charge in [0.1, 0.15) is 0 Å². The monoisotopic (exact) mass is 336 g/mol. The van der Waals surface area contributed by atoms with Gasteiger partial charge in [-0.15, -0.1) is 0 Å². The molecule has 1 aromatic rings. The van der Waals surface area contributed by atoms with Crippen molar-refractivity contribution in [3.8, 4) is 0 Å². The van der Waals surface area contributed by atoms with Crippen LogP contribution in [-0.2, 0) is 10.0 Å². The molecule has 1 aromatic carbocycles. The van der Waals surface area contributed by atoms with Crippen molar-refractivity contribution in [1.29, 1.82) is 0 Å². The highest BCUT2D eigenvalue weighted by Gasteiger charge is 2.27. The summed E-state index contributed by atoms with van der Waals surface area (Å²) in [5.74, 6) is 0. The molecule has 0 bridgehead atoms. The normalized spacial score (nSPS) is 19.7. The highest BCUT2D eigenvalue weighted by Crippen LogP contribution is 2.25. The van der Waals surface area contributed by atoms with Crippen LogP contribution in [0.3, 0.4) is 0 Å². The number of sulfonamides is 1. The molecule has 1 aliphatic rings. The lowest BCUT2D eigenvalue weighted by atomic mass is 10.2. The van der Waals surface area contributed by atoms with Gasteiger partial charge in [-0.05, 0) is 37.6 Å². The lowest BCUT2D eigenvalue weighted by molar-refractivity contribution is 0.383. The van der Waals surface area contributed by atoms with E-state index in [4.69, 9.17) is 23.2 Å². The van der Waals surface area contributed by atoms with Gasteiger partial charge in [0.15, 0.2) is 0 Å². The van der Waals surface area contributed by atoms with E-state index in [1.54, 1.807) is 0 Å². The van der Waals surface area contributed by atoms with E-state index in [9.17, 15) is 8.42 Å². The molecule has 1 heterocycles. The zero-order valence-corrected chi connectivity index (χ0v) is 13.6. The number of nitrogens with one attached hydrogen (secondary N) is 1. The average Bonchev–Trinajstić information content (AvgIpc) is 2.87. The molecule has 1 unspecified atom stereocenters. The van der Waals surface area contributed by atoms with Crippen molar-refractivity contribution in [3.05, 3.63) is 28.2 Å². The first-order valence-electron chi connectivity index (χ1n) is 6.63. The number of hydrogen-bond acceptors (Lipinski definition) is 3. The summed E-state index contributed by atoms with van der Waals surface area (Å²) >= 11 is 11.8. The molecule has 0 aromatic heterocycles. The SMILES string of the molecule is CCN(CC1CCCN1)S(=O)(=O)c1cc(Cl)cc(Cl)c1. The van der Waals surface area contributed by atoms with Gasteiger partial charge in [-0.25, -0.2) is 8.42 Å². The Morgan fingerprint density at radius 1 is 1.30 bits per heavy atom. The van der Waals surface area contributed by atoms with Gasteiger partial charge in [-0.3, -0.25) is 0 Å².